The number of hydrogen-bond donors (Lipinski definition) is 3. The normalized spacial score (nSPS) is 9.78. The summed E-state index contributed by atoms with van der Waals surface area (Å²) >= 11 is 11.0. The summed E-state index contributed by atoms with van der Waals surface area (Å²) in [6, 6.07) is 12.4. The molecule has 2 rings (SSSR count). The fraction of sp³-hybridized carbons (Fsp3) is 0. The Labute approximate surface area is 141 Å². The molecule has 3 N–H and O–H groups in total. The van der Waals surface area contributed by atoms with Crippen molar-refractivity contribution in [2.24, 2.45) is 0 Å². The van der Waals surface area contributed by atoms with Crippen LogP contribution < -0.4 is 16.2 Å². The number of nitro groups is 1. The molecule has 0 fully saturated rings. The van der Waals surface area contributed by atoms with Gasteiger partial charge >= 0.3 is 0 Å². The molecule has 0 aromatic heterocycles. The molecule has 0 heterocycles. The highest BCUT2D eigenvalue weighted by molar-refractivity contribution is 7.80. The molecule has 0 aliphatic heterocycles. The molecule has 118 valence electrons. The first kappa shape index (κ1) is 16.7. The second-order valence-electron chi connectivity index (χ2n) is 4.32. The average Bonchev–Trinajstić information content (AvgIpc) is 2.55. The Morgan fingerprint density at radius 3 is 2.48 bits per heavy atom. The number of carbonyl (C=O) groups is 1. The highest BCUT2D eigenvalue weighted by Gasteiger charge is 2.11. The van der Waals surface area contributed by atoms with Crippen molar-refractivity contribution < 1.29 is 9.72 Å². The van der Waals surface area contributed by atoms with Crippen molar-refractivity contribution in [2.45, 2.75) is 0 Å². The summed E-state index contributed by atoms with van der Waals surface area (Å²) in [5.41, 5.74) is 5.48. The number of hydrazine groups is 1. The van der Waals surface area contributed by atoms with Gasteiger partial charge in [0.1, 0.15) is 0 Å². The van der Waals surface area contributed by atoms with Crippen LogP contribution in [-0.4, -0.2) is 15.9 Å². The SMILES string of the molecule is O=C(NNC(=S)Nc1cc([N+](=O)[O-])ccc1Cl)c1ccccc1. The number of nitro benzene ring substituents is 1. The molecule has 7 nitrogen and oxygen atoms in total. The fourth-order valence-electron chi connectivity index (χ4n) is 1.65. The molecule has 1 amide bonds. The number of halogens is 1. The third kappa shape index (κ3) is 4.63. The minimum atomic E-state index is -0.546. The third-order valence-corrected chi connectivity index (χ3v) is 3.27. The summed E-state index contributed by atoms with van der Waals surface area (Å²) in [5.74, 6) is -0.375. The highest BCUT2D eigenvalue weighted by atomic mass is 35.5. The van der Waals surface area contributed by atoms with E-state index in [9.17, 15) is 14.9 Å². The van der Waals surface area contributed by atoms with Crippen LogP contribution in [0.5, 0.6) is 0 Å². The van der Waals surface area contributed by atoms with Crippen LogP contribution in [0.15, 0.2) is 48.5 Å². The summed E-state index contributed by atoms with van der Waals surface area (Å²) < 4.78 is 0. The Morgan fingerprint density at radius 1 is 1.13 bits per heavy atom. The van der Waals surface area contributed by atoms with E-state index in [1.54, 1.807) is 30.3 Å². The van der Waals surface area contributed by atoms with Crippen LogP contribution in [0.4, 0.5) is 11.4 Å². The molecule has 0 unspecified atom stereocenters. The smallest absolute Gasteiger partial charge is 0.271 e. The lowest BCUT2D eigenvalue weighted by Gasteiger charge is -2.12. The van der Waals surface area contributed by atoms with Gasteiger partial charge in [0.25, 0.3) is 11.6 Å². The first-order valence-electron chi connectivity index (χ1n) is 6.33. The van der Waals surface area contributed by atoms with Crippen LogP contribution in [0.1, 0.15) is 10.4 Å². The monoisotopic (exact) mass is 350 g/mol. The molecule has 2 aromatic rings. The zero-order valence-corrected chi connectivity index (χ0v) is 13.1. The van der Waals surface area contributed by atoms with Gasteiger partial charge in [-0.3, -0.25) is 25.8 Å². The lowest BCUT2D eigenvalue weighted by Crippen LogP contribution is -2.43. The Morgan fingerprint density at radius 2 is 1.83 bits per heavy atom. The Hall–Kier alpha value is -2.71. The fourth-order valence-corrected chi connectivity index (χ4v) is 1.98. The lowest BCUT2D eigenvalue weighted by atomic mass is 10.2. The van der Waals surface area contributed by atoms with E-state index < -0.39 is 4.92 Å². The number of benzene rings is 2. The van der Waals surface area contributed by atoms with Gasteiger partial charge in [-0.05, 0) is 30.4 Å². The van der Waals surface area contributed by atoms with Gasteiger partial charge in [0.05, 0.1) is 15.6 Å². The van der Waals surface area contributed by atoms with Crippen LogP contribution in [-0.2, 0) is 0 Å². The van der Waals surface area contributed by atoms with E-state index in [4.69, 9.17) is 23.8 Å². The maximum Gasteiger partial charge on any atom is 0.271 e. The molecule has 23 heavy (non-hydrogen) atoms. The van der Waals surface area contributed by atoms with Gasteiger partial charge in [-0.15, -0.1) is 0 Å². The van der Waals surface area contributed by atoms with Gasteiger partial charge in [0, 0.05) is 17.7 Å². The first-order chi connectivity index (χ1) is 11.0. The molecule has 0 spiro atoms. The highest BCUT2D eigenvalue weighted by Crippen LogP contribution is 2.26. The topological polar surface area (TPSA) is 96.3 Å². The van der Waals surface area contributed by atoms with Crippen LogP contribution in [0.3, 0.4) is 0 Å². The number of thiocarbonyl (C=S) groups is 1. The van der Waals surface area contributed by atoms with Gasteiger partial charge in [0.2, 0.25) is 0 Å². The van der Waals surface area contributed by atoms with Crippen molar-refractivity contribution in [2.75, 3.05) is 5.32 Å². The molecule has 9 heteroatoms. The second kappa shape index (κ2) is 7.52. The van der Waals surface area contributed by atoms with Crippen molar-refractivity contribution in [1.82, 2.24) is 10.9 Å². The largest absolute Gasteiger partial charge is 0.330 e. The predicted octanol–water partition coefficient (Wildman–Crippen LogP) is 2.88. The van der Waals surface area contributed by atoms with E-state index in [-0.39, 0.29) is 27.4 Å². The molecular formula is C14H11ClN4O3S. The maximum absolute atomic E-state index is 11.8. The number of amides is 1. The summed E-state index contributed by atoms with van der Waals surface area (Å²) in [7, 11) is 0. The molecule has 0 saturated heterocycles. The van der Waals surface area contributed by atoms with Gasteiger partial charge in [0.15, 0.2) is 5.11 Å². The molecule has 0 bridgehead atoms. The van der Waals surface area contributed by atoms with E-state index in [0.29, 0.717) is 5.56 Å². The van der Waals surface area contributed by atoms with Crippen LogP contribution in [0.25, 0.3) is 0 Å². The quantitative estimate of drug-likeness (QED) is 0.447. The zero-order valence-electron chi connectivity index (χ0n) is 11.6. The minimum absolute atomic E-state index is 0.0386. The van der Waals surface area contributed by atoms with E-state index in [2.05, 4.69) is 16.2 Å². The number of nitrogens with zero attached hydrogens (tertiary/aromatic N) is 1. The Balaban J connectivity index is 1.96. The van der Waals surface area contributed by atoms with Gasteiger partial charge in [-0.25, -0.2) is 0 Å². The predicted molar refractivity (Wildman–Crippen MR) is 91.4 cm³/mol. The van der Waals surface area contributed by atoms with E-state index >= 15 is 0 Å². The van der Waals surface area contributed by atoms with Crippen molar-refractivity contribution in [3.05, 3.63) is 69.2 Å². The summed E-state index contributed by atoms with van der Waals surface area (Å²) in [4.78, 5) is 22.0. The second-order valence-corrected chi connectivity index (χ2v) is 5.14. The van der Waals surface area contributed by atoms with E-state index in [1.165, 1.54) is 18.2 Å². The molecule has 2 aromatic carbocycles. The van der Waals surface area contributed by atoms with Gasteiger partial charge in [-0.2, -0.15) is 0 Å². The molecular weight excluding hydrogens is 340 g/mol. The van der Waals surface area contributed by atoms with Gasteiger partial charge in [-0.1, -0.05) is 29.8 Å². The molecule has 0 aliphatic rings. The van der Waals surface area contributed by atoms with Crippen molar-refractivity contribution in [1.29, 1.82) is 0 Å². The van der Waals surface area contributed by atoms with E-state index in [1.807, 2.05) is 0 Å². The average molecular weight is 351 g/mol. The summed E-state index contributed by atoms with van der Waals surface area (Å²) in [6.07, 6.45) is 0. The standard InChI is InChI=1S/C14H11ClN4O3S/c15-11-7-6-10(19(21)22)8-12(11)16-14(23)18-17-13(20)9-4-2-1-3-5-9/h1-8H,(H,17,20)(H2,16,18,23). The molecule has 0 aliphatic carbocycles. The summed E-state index contributed by atoms with van der Waals surface area (Å²) in [6.45, 7) is 0. The number of anilines is 1. The Bertz CT molecular complexity index is 755. The number of rotatable bonds is 3. The molecule has 0 saturated carbocycles. The number of nitrogens with one attached hydrogen (secondary N) is 3. The summed E-state index contributed by atoms with van der Waals surface area (Å²) in [5, 5.41) is 13.7. The number of hydrogen-bond acceptors (Lipinski definition) is 4. The third-order valence-electron chi connectivity index (χ3n) is 2.73. The zero-order chi connectivity index (χ0) is 16.8. The number of non-ortho nitro benzene ring substituents is 1. The molecule has 0 radical (unpaired) electrons. The van der Waals surface area contributed by atoms with Crippen LogP contribution in [0, 0.1) is 10.1 Å². The van der Waals surface area contributed by atoms with E-state index in [0.717, 1.165) is 0 Å². The van der Waals surface area contributed by atoms with Gasteiger partial charge < -0.3 is 5.32 Å². The number of carbonyl (C=O) groups excluding carboxylic acids is 1. The van der Waals surface area contributed by atoms with Crippen LogP contribution >= 0.6 is 23.8 Å². The first-order valence-corrected chi connectivity index (χ1v) is 7.12. The molecule has 0 atom stereocenters. The van der Waals surface area contributed by atoms with Crippen LogP contribution in [0.2, 0.25) is 5.02 Å². The minimum Gasteiger partial charge on any atom is -0.330 e. The maximum atomic E-state index is 11.8. The van der Waals surface area contributed by atoms with Crippen molar-refractivity contribution in [3.8, 4) is 0 Å². The van der Waals surface area contributed by atoms with Crippen molar-refractivity contribution in [3.63, 3.8) is 0 Å². The van der Waals surface area contributed by atoms with Crippen molar-refractivity contribution >= 4 is 46.2 Å². The Kier molecular flexibility index (Phi) is 5.45. The lowest BCUT2D eigenvalue weighted by molar-refractivity contribution is -0.384.